The molecule has 0 atom stereocenters. The topological polar surface area (TPSA) is 90.2 Å². The zero-order valence-electron chi connectivity index (χ0n) is 17.4. The Morgan fingerprint density at radius 2 is 1.88 bits per heavy atom. The number of carbonyl (C=O) groups is 1. The van der Waals surface area contributed by atoms with Crippen molar-refractivity contribution in [3.8, 4) is 17.1 Å². The number of alkyl halides is 3. The highest BCUT2D eigenvalue weighted by Crippen LogP contribution is 2.31. The number of halogens is 3. The average Bonchev–Trinajstić information content (AvgIpc) is 3.03. The number of amides is 2. The van der Waals surface area contributed by atoms with Gasteiger partial charge in [0.1, 0.15) is 5.75 Å². The minimum Gasteiger partial charge on any atom is -0.494 e. The molecule has 32 heavy (non-hydrogen) atoms. The molecule has 0 saturated carbocycles. The maximum atomic E-state index is 13.0. The molecule has 0 unspecified atom stereocenters. The van der Waals surface area contributed by atoms with Gasteiger partial charge in [-0.2, -0.15) is 13.2 Å². The van der Waals surface area contributed by atoms with Crippen molar-refractivity contribution in [2.24, 2.45) is 7.05 Å². The lowest BCUT2D eigenvalue weighted by atomic mass is 10.1. The van der Waals surface area contributed by atoms with E-state index in [1.54, 1.807) is 24.3 Å². The summed E-state index contributed by atoms with van der Waals surface area (Å²) in [5.74, 6) is 0.782. The Hall–Kier alpha value is -3.76. The van der Waals surface area contributed by atoms with E-state index in [0.29, 0.717) is 18.0 Å². The van der Waals surface area contributed by atoms with Crippen molar-refractivity contribution < 1.29 is 22.7 Å². The van der Waals surface area contributed by atoms with Crippen molar-refractivity contribution in [2.75, 3.05) is 18.5 Å². The van der Waals surface area contributed by atoms with Gasteiger partial charge >= 0.3 is 17.9 Å². The molecule has 0 spiro atoms. The van der Waals surface area contributed by atoms with Crippen LogP contribution in [0.4, 0.5) is 23.7 Å². The van der Waals surface area contributed by atoms with Gasteiger partial charge in [0.15, 0.2) is 5.82 Å². The summed E-state index contributed by atoms with van der Waals surface area (Å²) in [4.78, 5) is 24.4. The summed E-state index contributed by atoms with van der Waals surface area (Å²) in [5, 5.41) is 9.38. The Morgan fingerprint density at radius 3 is 2.53 bits per heavy atom. The van der Waals surface area contributed by atoms with Gasteiger partial charge in [-0.1, -0.05) is 12.1 Å². The fourth-order valence-electron chi connectivity index (χ4n) is 2.97. The van der Waals surface area contributed by atoms with Crippen molar-refractivity contribution in [2.45, 2.75) is 19.6 Å². The normalized spacial score (nSPS) is 11.3. The maximum absolute atomic E-state index is 13.0. The first kappa shape index (κ1) is 22.9. The number of benzene rings is 2. The highest BCUT2D eigenvalue weighted by Gasteiger charge is 2.30. The quantitative estimate of drug-likeness (QED) is 0.578. The lowest BCUT2D eigenvalue weighted by Crippen LogP contribution is -2.34. The molecule has 8 nitrogen and oxygen atoms in total. The Balaban J connectivity index is 1.62. The third-order valence-electron chi connectivity index (χ3n) is 4.52. The third kappa shape index (κ3) is 5.48. The van der Waals surface area contributed by atoms with Gasteiger partial charge in [0.2, 0.25) is 0 Å². The van der Waals surface area contributed by atoms with Crippen LogP contribution in [0.5, 0.6) is 5.75 Å². The van der Waals surface area contributed by atoms with Gasteiger partial charge in [-0.25, -0.2) is 14.3 Å². The zero-order chi connectivity index (χ0) is 23.3. The molecule has 0 radical (unpaired) electrons. The molecule has 0 aliphatic rings. The third-order valence-corrected chi connectivity index (χ3v) is 4.52. The predicted molar refractivity (Wildman–Crippen MR) is 113 cm³/mol. The van der Waals surface area contributed by atoms with Crippen LogP contribution in [-0.4, -0.2) is 33.5 Å². The molecule has 0 fully saturated rings. The number of nitrogens with zero attached hydrogens (tertiary/aromatic N) is 3. The molecule has 2 aromatic carbocycles. The Bertz CT molecular complexity index is 1140. The number of anilines is 1. The van der Waals surface area contributed by atoms with Crippen molar-refractivity contribution in [1.29, 1.82) is 0 Å². The number of carbonyl (C=O) groups excluding carboxylic acids is 1. The lowest BCUT2D eigenvalue weighted by molar-refractivity contribution is -0.137. The van der Waals surface area contributed by atoms with Crippen LogP contribution in [0.3, 0.4) is 0 Å². The second-order valence-corrected chi connectivity index (χ2v) is 6.81. The molecular formula is C21H22F3N5O3. The van der Waals surface area contributed by atoms with E-state index in [4.69, 9.17) is 4.74 Å². The summed E-state index contributed by atoms with van der Waals surface area (Å²) < 4.78 is 46.5. The largest absolute Gasteiger partial charge is 0.494 e. The molecule has 1 heterocycles. The molecule has 2 N–H and O–H groups in total. The number of ether oxygens (including phenoxy) is 1. The standard InChI is InChI=1S/C21H22F3N5O3/c1-3-32-17-9-7-16(8-10-17)26-19(30)25-11-12-29-20(31)28(2)18(27-29)14-5-4-6-15(13-14)21(22,23)24/h4-10,13H,3,11-12H2,1-2H3,(H2,25,26,30). The lowest BCUT2D eigenvalue weighted by Gasteiger charge is -2.08. The summed E-state index contributed by atoms with van der Waals surface area (Å²) in [6, 6.07) is 10.9. The van der Waals surface area contributed by atoms with Crippen LogP contribution >= 0.6 is 0 Å². The molecule has 3 aromatic rings. The number of hydrogen-bond acceptors (Lipinski definition) is 4. The van der Waals surface area contributed by atoms with Gasteiger partial charge < -0.3 is 15.4 Å². The van der Waals surface area contributed by atoms with Crippen LogP contribution < -0.4 is 21.1 Å². The van der Waals surface area contributed by atoms with E-state index in [2.05, 4.69) is 15.7 Å². The number of nitrogens with one attached hydrogen (secondary N) is 2. The van der Waals surface area contributed by atoms with Gasteiger partial charge in [-0.3, -0.25) is 4.57 Å². The second kappa shape index (κ2) is 9.58. The minimum absolute atomic E-state index is 0.0440. The Labute approximate surface area is 181 Å². The first-order valence-corrected chi connectivity index (χ1v) is 9.78. The fraction of sp³-hybridized carbons (Fsp3) is 0.286. The van der Waals surface area contributed by atoms with E-state index in [1.165, 1.54) is 19.2 Å². The van der Waals surface area contributed by atoms with Crippen LogP contribution in [0.1, 0.15) is 12.5 Å². The van der Waals surface area contributed by atoms with Crippen LogP contribution in [-0.2, 0) is 19.8 Å². The van der Waals surface area contributed by atoms with Crippen LogP contribution in [0.15, 0.2) is 53.3 Å². The van der Waals surface area contributed by atoms with Gasteiger partial charge in [0.25, 0.3) is 0 Å². The van der Waals surface area contributed by atoms with Gasteiger partial charge in [0, 0.05) is 24.8 Å². The van der Waals surface area contributed by atoms with E-state index < -0.39 is 23.5 Å². The first-order valence-electron chi connectivity index (χ1n) is 9.78. The molecule has 0 bridgehead atoms. The van der Waals surface area contributed by atoms with Gasteiger partial charge in [-0.15, -0.1) is 5.10 Å². The molecule has 0 aliphatic carbocycles. The van der Waals surface area contributed by atoms with Crippen LogP contribution in [0.2, 0.25) is 0 Å². The average molecular weight is 449 g/mol. The van der Waals surface area contributed by atoms with E-state index >= 15 is 0 Å². The summed E-state index contributed by atoms with van der Waals surface area (Å²) in [6.45, 7) is 2.54. The monoisotopic (exact) mass is 449 g/mol. The smallest absolute Gasteiger partial charge is 0.416 e. The van der Waals surface area contributed by atoms with Crippen molar-refractivity contribution in [3.63, 3.8) is 0 Å². The molecule has 3 rings (SSSR count). The van der Waals surface area contributed by atoms with Gasteiger partial charge in [-0.05, 0) is 43.3 Å². The first-order chi connectivity index (χ1) is 15.2. The molecule has 0 aliphatic heterocycles. The number of aromatic nitrogens is 3. The van der Waals surface area contributed by atoms with Crippen LogP contribution in [0.25, 0.3) is 11.4 Å². The van der Waals surface area contributed by atoms with E-state index in [9.17, 15) is 22.8 Å². The number of hydrogen-bond donors (Lipinski definition) is 2. The highest BCUT2D eigenvalue weighted by molar-refractivity contribution is 5.89. The fourth-order valence-corrected chi connectivity index (χ4v) is 2.97. The maximum Gasteiger partial charge on any atom is 0.416 e. The second-order valence-electron chi connectivity index (χ2n) is 6.81. The zero-order valence-corrected chi connectivity index (χ0v) is 17.4. The van der Waals surface area contributed by atoms with Crippen molar-refractivity contribution in [3.05, 3.63) is 64.6 Å². The molecule has 1 aromatic heterocycles. The Morgan fingerprint density at radius 1 is 1.16 bits per heavy atom. The highest BCUT2D eigenvalue weighted by atomic mass is 19.4. The van der Waals surface area contributed by atoms with E-state index in [0.717, 1.165) is 21.4 Å². The van der Waals surface area contributed by atoms with Crippen molar-refractivity contribution >= 4 is 11.7 Å². The number of rotatable bonds is 7. The summed E-state index contributed by atoms with van der Waals surface area (Å²) in [5.41, 5.74) is -0.608. The van der Waals surface area contributed by atoms with Crippen LogP contribution in [0, 0.1) is 0 Å². The molecule has 2 amide bonds. The summed E-state index contributed by atoms with van der Waals surface area (Å²) >= 11 is 0. The van der Waals surface area contributed by atoms with Crippen molar-refractivity contribution in [1.82, 2.24) is 19.7 Å². The van der Waals surface area contributed by atoms with Gasteiger partial charge in [0.05, 0.1) is 18.7 Å². The minimum atomic E-state index is -4.50. The number of urea groups is 1. The summed E-state index contributed by atoms with van der Waals surface area (Å²) in [6.07, 6.45) is -4.50. The molecule has 11 heteroatoms. The molecular weight excluding hydrogens is 427 g/mol. The summed E-state index contributed by atoms with van der Waals surface area (Å²) in [7, 11) is 1.42. The predicted octanol–water partition coefficient (Wildman–Crippen LogP) is 3.49. The van der Waals surface area contributed by atoms with E-state index in [1.807, 2.05) is 6.92 Å². The Kier molecular flexibility index (Phi) is 6.86. The SMILES string of the molecule is CCOc1ccc(NC(=O)NCCn2nc(-c3cccc(C(F)(F)F)c3)n(C)c2=O)cc1. The molecule has 0 saturated heterocycles. The molecule has 170 valence electrons. The van der Waals surface area contributed by atoms with E-state index in [-0.39, 0.29) is 24.5 Å².